The Balaban J connectivity index is 2.86. The van der Waals surface area contributed by atoms with Crippen LogP contribution in [-0.4, -0.2) is 26.7 Å². The Morgan fingerprint density at radius 1 is 1.00 bits per heavy atom. The van der Waals surface area contributed by atoms with E-state index in [4.69, 9.17) is 4.12 Å². The average molecular weight is 228 g/mol. The number of hydrogen-bond acceptors (Lipinski definition) is 3. The Morgan fingerprint density at radius 3 is 1.93 bits per heavy atom. The Hall–Kier alpha value is -0.466. The summed E-state index contributed by atoms with van der Waals surface area (Å²) in [6, 6.07) is 8.76. The Morgan fingerprint density at radius 2 is 1.50 bits per heavy atom. The van der Waals surface area contributed by atoms with E-state index in [-0.39, 0.29) is 0 Å². The van der Waals surface area contributed by atoms with Crippen molar-refractivity contribution in [3.63, 3.8) is 0 Å². The van der Waals surface area contributed by atoms with Gasteiger partial charge in [-0.25, -0.2) is 0 Å². The maximum absolute atomic E-state index is 9.83. The maximum Gasteiger partial charge on any atom is 0.521 e. The SMILES string of the molecule is C[Si](C)(C)O[Si](O)(O)c1ccccc1. The molecule has 1 aromatic carbocycles. The van der Waals surface area contributed by atoms with E-state index in [1.165, 1.54) is 0 Å². The third-order valence-electron chi connectivity index (χ3n) is 1.60. The lowest BCUT2D eigenvalue weighted by Crippen LogP contribution is -2.56. The first-order valence-corrected chi connectivity index (χ1v) is 9.73. The fourth-order valence-corrected chi connectivity index (χ4v) is 5.65. The predicted molar refractivity (Wildman–Crippen MR) is 60.7 cm³/mol. The van der Waals surface area contributed by atoms with Gasteiger partial charge in [0.1, 0.15) is 0 Å². The molecule has 0 radical (unpaired) electrons. The number of rotatable bonds is 3. The molecule has 1 aromatic rings. The van der Waals surface area contributed by atoms with Gasteiger partial charge in [0.2, 0.25) is 0 Å². The molecular formula is C9H16O3Si2. The van der Waals surface area contributed by atoms with Crippen molar-refractivity contribution in [2.75, 3.05) is 0 Å². The van der Waals surface area contributed by atoms with E-state index in [1.54, 1.807) is 24.3 Å². The van der Waals surface area contributed by atoms with Crippen molar-refractivity contribution in [2.24, 2.45) is 0 Å². The highest BCUT2D eigenvalue weighted by Crippen LogP contribution is 2.09. The zero-order valence-electron chi connectivity index (χ0n) is 8.69. The molecule has 0 saturated carbocycles. The van der Waals surface area contributed by atoms with Gasteiger partial charge < -0.3 is 13.7 Å². The molecular weight excluding hydrogens is 212 g/mol. The smallest absolute Gasteiger partial charge is 0.413 e. The van der Waals surface area contributed by atoms with Crippen molar-refractivity contribution in [3.8, 4) is 0 Å². The summed E-state index contributed by atoms with van der Waals surface area (Å²) >= 11 is 0. The molecule has 14 heavy (non-hydrogen) atoms. The molecule has 3 nitrogen and oxygen atoms in total. The van der Waals surface area contributed by atoms with Crippen molar-refractivity contribution >= 4 is 22.3 Å². The van der Waals surface area contributed by atoms with E-state index in [9.17, 15) is 9.59 Å². The largest absolute Gasteiger partial charge is 0.521 e. The van der Waals surface area contributed by atoms with Crippen molar-refractivity contribution in [1.29, 1.82) is 0 Å². The third-order valence-corrected chi connectivity index (χ3v) is 6.27. The molecule has 2 N–H and O–H groups in total. The predicted octanol–water partition coefficient (Wildman–Crippen LogP) is 0.669. The van der Waals surface area contributed by atoms with Crippen LogP contribution in [0.15, 0.2) is 30.3 Å². The molecule has 0 amide bonds. The standard InChI is InChI=1S/C9H16O3Si2/c1-13(2,3)12-14(10,11)9-7-5-4-6-8-9/h4-8,10-11H,1-3H3. The van der Waals surface area contributed by atoms with Crippen LogP contribution in [0.2, 0.25) is 19.6 Å². The van der Waals surface area contributed by atoms with Gasteiger partial charge in [0.05, 0.1) is 0 Å². The molecule has 0 spiro atoms. The van der Waals surface area contributed by atoms with Gasteiger partial charge in [-0.1, -0.05) is 30.3 Å². The minimum absolute atomic E-state index is 0.502. The van der Waals surface area contributed by atoms with Crippen LogP contribution in [0.3, 0.4) is 0 Å². The summed E-state index contributed by atoms with van der Waals surface area (Å²) in [6.07, 6.45) is 0. The molecule has 0 aliphatic heterocycles. The van der Waals surface area contributed by atoms with Crippen LogP contribution in [-0.2, 0) is 4.12 Å². The molecule has 0 fully saturated rings. The van der Waals surface area contributed by atoms with Crippen LogP contribution in [0.1, 0.15) is 0 Å². The molecule has 0 aliphatic carbocycles. The van der Waals surface area contributed by atoms with E-state index in [0.29, 0.717) is 5.19 Å². The summed E-state index contributed by atoms with van der Waals surface area (Å²) < 4.78 is 5.40. The van der Waals surface area contributed by atoms with Gasteiger partial charge in [0.25, 0.3) is 0 Å². The van der Waals surface area contributed by atoms with Crippen LogP contribution < -0.4 is 5.19 Å². The molecule has 0 atom stereocenters. The highest BCUT2D eigenvalue weighted by Gasteiger charge is 2.39. The first-order chi connectivity index (χ1) is 6.31. The minimum Gasteiger partial charge on any atom is -0.413 e. The normalized spacial score (nSPS) is 12.9. The van der Waals surface area contributed by atoms with Crippen molar-refractivity contribution in [3.05, 3.63) is 30.3 Å². The molecule has 78 valence electrons. The van der Waals surface area contributed by atoms with Gasteiger partial charge in [-0.3, -0.25) is 0 Å². The fraction of sp³-hybridized carbons (Fsp3) is 0.333. The lowest BCUT2D eigenvalue weighted by atomic mass is 10.4. The summed E-state index contributed by atoms with van der Waals surface area (Å²) in [7, 11) is -5.57. The summed E-state index contributed by atoms with van der Waals surface area (Å²) in [5, 5.41) is 0.502. The van der Waals surface area contributed by atoms with Crippen molar-refractivity contribution in [1.82, 2.24) is 0 Å². The molecule has 0 unspecified atom stereocenters. The second-order valence-corrected chi connectivity index (χ2v) is 11.0. The van der Waals surface area contributed by atoms with E-state index >= 15 is 0 Å². The zero-order chi connectivity index (χ0) is 10.8. The topological polar surface area (TPSA) is 49.7 Å². The Bertz CT molecular complexity index is 293. The monoisotopic (exact) mass is 228 g/mol. The second-order valence-electron chi connectivity index (χ2n) is 4.19. The molecule has 0 aromatic heterocycles. The van der Waals surface area contributed by atoms with Gasteiger partial charge in [-0.15, -0.1) is 0 Å². The lowest BCUT2D eigenvalue weighted by Gasteiger charge is -2.26. The van der Waals surface area contributed by atoms with Crippen LogP contribution >= 0.6 is 0 Å². The van der Waals surface area contributed by atoms with Gasteiger partial charge in [-0.2, -0.15) is 0 Å². The maximum atomic E-state index is 9.83. The van der Waals surface area contributed by atoms with Crippen LogP contribution in [0.25, 0.3) is 0 Å². The Labute approximate surface area is 86.5 Å². The number of hydrogen-bond donors (Lipinski definition) is 2. The molecule has 0 aliphatic rings. The fourth-order valence-electron chi connectivity index (χ4n) is 1.14. The van der Waals surface area contributed by atoms with Gasteiger partial charge >= 0.3 is 8.80 Å². The average Bonchev–Trinajstić information content (AvgIpc) is 2.01. The first kappa shape index (κ1) is 11.6. The summed E-state index contributed by atoms with van der Waals surface area (Å²) in [4.78, 5) is 19.7. The zero-order valence-corrected chi connectivity index (χ0v) is 10.7. The molecule has 5 heteroatoms. The van der Waals surface area contributed by atoms with Crippen LogP contribution in [0.5, 0.6) is 0 Å². The third kappa shape index (κ3) is 3.35. The van der Waals surface area contributed by atoms with Gasteiger partial charge in [-0.05, 0) is 19.6 Å². The second kappa shape index (κ2) is 3.95. The Kier molecular flexibility index (Phi) is 3.28. The highest BCUT2D eigenvalue weighted by atomic mass is 28.5. The first-order valence-electron chi connectivity index (χ1n) is 4.52. The molecule has 0 heterocycles. The van der Waals surface area contributed by atoms with E-state index in [1.807, 2.05) is 25.7 Å². The van der Waals surface area contributed by atoms with Gasteiger partial charge in [0.15, 0.2) is 8.32 Å². The summed E-state index contributed by atoms with van der Waals surface area (Å²) in [5.74, 6) is 0. The molecule has 0 saturated heterocycles. The highest BCUT2D eigenvalue weighted by molar-refractivity contribution is 6.84. The van der Waals surface area contributed by atoms with Crippen molar-refractivity contribution < 1.29 is 13.7 Å². The summed E-state index contributed by atoms with van der Waals surface area (Å²) in [6.45, 7) is 5.80. The van der Waals surface area contributed by atoms with Crippen LogP contribution in [0, 0.1) is 0 Å². The molecule has 0 bridgehead atoms. The summed E-state index contributed by atoms with van der Waals surface area (Å²) in [5.41, 5.74) is 0. The molecule has 1 rings (SSSR count). The van der Waals surface area contributed by atoms with Gasteiger partial charge in [0, 0.05) is 5.19 Å². The van der Waals surface area contributed by atoms with E-state index in [0.717, 1.165) is 0 Å². The van der Waals surface area contributed by atoms with Crippen LogP contribution in [0.4, 0.5) is 0 Å². The number of benzene rings is 1. The quantitative estimate of drug-likeness (QED) is 0.748. The van der Waals surface area contributed by atoms with E-state index in [2.05, 4.69) is 0 Å². The van der Waals surface area contributed by atoms with Crippen molar-refractivity contribution in [2.45, 2.75) is 19.6 Å². The van der Waals surface area contributed by atoms with E-state index < -0.39 is 17.1 Å². The minimum atomic E-state index is -3.65. The lowest BCUT2D eigenvalue weighted by molar-refractivity contribution is 0.257.